The highest BCUT2D eigenvalue weighted by atomic mass is 16.6. The van der Waals surface area contributed by atoms with Crippen LogP contribution in [0.15, 0.2) is 18.5 Å². The minimum atomic E-state index is -0.591. The first-order valence-corrected chi connectivity index (χ1v) is 6.95. The summed E-state index contributed by atoms with van der Waals surface area (Å²) in [4.78, 5) is 24.4. The average molecular weight is 306 g/mol. The van der Waals surface area contributed by atoms with Crippen LogP contribution in [0, 0.1) is 10.1 Å². The summed E-state index contributed by atoms with van der Waals surface area (Å²) >= 11 is 0. The fourth-order valence-electron chi connectivity index (χ4n) is 2.13. The predicted octanol–water partition coefficient (Wildman–Crippen LogP) is 1.30. The Hall–Kier alpha value is -2.71. The van der Waals surface area contributed by atoms with E-state index < -0.39 is 10.8 Å². The number of nitro groups is 1. The molecule has 9 heteroatoms. The van der Waals surface area contributed by atoms with E-state index in [2.05, 4.69) is 10.2 Å². The number of nitrogens with zero attached hydrogens (tertiary/aromatic N) is 6. The molecular formula is C13H18N6O3. The van der Waals surface area contributed by atoms with Crippen molar-refractivity contribution in [3.8, 4) is 0 Å². The number of hydrogen-bond acceptors (Lipinski definition) is 5. The summed E-state index contributed by atoms with van der Waals surface area (Å²) in [7, 11) is 1.59. The second kappa shape index (κ2) is 6.37. The summed E-state index contributed by atoms with van der Waals surface area (Å²) in [5, 5.41) is 19.2. The van der Waals surface area contributed by atoms with Gasteiger partial charge in [-0.1, -0.05) is 0 Å². The van der Waals surface area contributed by atoms with Crippen LogP contribution in [0.1, 0.15) is 30.0 Å². The van der Waals surface area contributed by atoms with Crippen molar-refractivity contribution in [2.24, 2.45) is 0 Å². The lowest BCUT2D eigenvalue weighted by atomic mass is 10.3. The molecule has 0 N–H and O–H groups in total. The molecule has 0 atom stereocenters. The van der Waals surface area contributed by atoms with Gasteiger partial charge in [-0.3, -0.25) is 24.3 Å². The van der Waals surface area contributed by atoms with Crippen LogP contribution < -0.4 is 0 Å². The van der Waals surface area contributed by atoms with Gasteiger partial charge in [-0.15, -0.1) is 0 Å². The molecule has 0 spiro atoms. The molecule has 0 saturated heterocycles. The standard InChI is InChI=1S/C13H18N6O3/c1-4-17-7-6-10(15-17)9-16(3)13(20)12-11(19(21)22)8-14-18(12)5-2/h6-8H,4-5,9H2,1-3H3. The average Bonchev–Trinajstić information content (AvgIpc) is 3.12. The Kier molecular flexibility index (Phi) is 4.54. The van der Waals surface area contributed by atoms with E-state index in [1.165, 1.54) is 9.58 Å². The topological polar surface area (TPSA) is 99.1 Å². The molecule has 2 aromatic rings. The summed E-state index contributed by atoms with van der Waals surface area (Å²) in [5.41, 5.74) is 0.436. The zero-order chi connectivity index (χ0) is 16.3. The molecule has 0 radical (unpaired) electrons. The fourth-order valence-corrected chi connectivity index (χ4v) is 2.13. The number of aryl methyl sites for hydroxylation is 2. The quantitative estimate of drug-likeness (QED) is 0.591. The second-order valence-electron chi connectivity index (χ2n) is 4.78. The monoisotopic (exact) mass is 306 g/mol. The van der Waals surface area contributed by atoms with Crippen molar-refractivity contribution in [2.45, 2.75) is 33.5 Å². The van der Waals surface area contributed by atoms with E-state index in [-0.39, 0.29) is 17.9 Å². The Morgan fingerprint density at radius 2 is 2.14 bits per heavy atom. The van der Waals surface area contributed by atoms with E-state index in [1.54, 1.807) is 18.7 Å². The SMILES string of the molecule is CCn1ccc(CN(C)C(=O)c2c([N+](=O)[O-])cnn2CC)n1. The summed E-state index contributed by atoms with van der Waals surface area (Å²) in [6.07, 6.45) is 2.93. The van der Waals surface area contributed by atoms with Crippen LogP contribution in [0.5, 0.6) is 0 Å². The van der Waals surface area contributed by atoms with Crippen LogP contribution in [0.4, 0.5) is 5.69 Å². The van der Waals surface area contributed by atoms with E-state index in [0.29, 0.717) is 6.54 Å². The highest BCUT2D eigenvalue weighted by molar-refractivity contribution is 5.96. The number of carbonyl (C=O) groups excluding carboxylic acids is 1. The van der Waals surface area contributed by atoms with Crippen molar-refractivity contribution in [3.63, 3.8) is 0 Å². The first kappa shape index (κ1) is 15.7. The molecule has 22 heavy (non-hydrogen) atoms. The third-order valence-electron chi connectivity index (χ3n) is 3.28. The van der Waals surface area contributed by atoms with Crippen molar-refractivity contribution in [1.29, 1.82) is 0 Å². The summed E-state index contributed by atoms with van der Waals surface area (Å²) in [6, 6.07) is 1.82. The molecule has 9 nitrogen and oxygen atoms in total. The van der Waals surface area contributed by atoms with E-state index >= 15 is 0 Å². The molecule has 0 aliphatic heterocycles. The first-order valence-electron chi connectivity index (χ1n) is 6.95. The molecule has 2 heterocycles. The lowest BCUT2D eigenvalue weighted by Crippen LogP contribution is -2.29. The van der Waals surface area contributed by atoms with Gasteiger partial charge in [-0.2, -0.15) is 10.2 Å². The van der Waals surface area contributed by atoms with Gasteiger partial charge in [0.2, 0.25) is 5.69 Å². The van der Waals surface area contributed by atoms with Crippen molar-refractivity contribution < 1.29 is 9.72 Å². The number of carbonyl (C=O) groups is 1. The van der Waals surface area contributed by atoms with Gasteiger partial charge in [0, 0.05) is 26.3 Å². The molecule has 0 fully saturated rings. The fraction of sp³-hybridized carbons (Fsp3) is 0.462. The van der Waals surface area contributed by atoms with Crippen molar-refractivity contribution >= 4 is 11.6 Å². The van der Waals surface area contributed by atoms with Gasteiger partial charge in [0.1, 0.15) is 6.20 Å². The smallest absolute Gasteiger partial charge is 0.320 e. The van der Waals surface area contributed by atoms with Gasteiger partial charge >= 0.3 is 5.69 Å². The Bertz CT molecular complexity index is 690. The number of aromatic nitrogens is 4. The van der Waals surface area contributed by atoms with Crippen LogP contribution in [0.3, 0.4) is 0 Å². The van der Waals surface area contributed by atoms with Gasteiger partial charge < -0.3 is 4.90 Å². The molecule has 0 aromatic carbocycles. The maximum absolute atomic E-state index is 12.5. The molecule has 0 unspecified atom stereocenters. The number of amides is 1. The van der Waals surface area contributed by atoms with Crippen LogP contribution in [-0.2, 0) is 19.6 Å². The Morgan fingerprint density at radius 3 is 2.68 bits per heavy atom. The van der Waals surface area contributed by atoms with Crippen molar-refractivity contribution in [1.82, 2.24) is 24.5 Å². The van der Waals surface area contributed by atoms with Crippen LogP contribution in [-0.4, -0.2) is 42.3 Å². The largest absolute Gasteiger partial charge is 0.334 e. The lowest BCUT2D eigenvalue weighted by Gasteiger charge is -2.16. The molecular weight excluding hydrogens is 288 g/mol. The second-order valence-corrected chi connectivity index (χ2v) is 4.78. The first-order chi connectivity index (χ1) is 10.5. The molecule has 2 aromatic heterocycles. The number of hydrogen-bond donors (Lipinski definition) is 0. The van der Waals surface area contributed by atoms with E-state index in [4.69, 9.17) is 0 Å². The van der Waals surface area contributed by atoms with Gasteiger partial charge in [0.05, 0.1) is 17.2 Å². The summed E-state index contributed by atoms with van der Waals surface area (Å²) in [5.74, 6) is -0.447. The zero-order valence-electron chi connectivity index (χ0n) is 12.8. The highest BCUT2D eigenvalue weighted by Gasteiger charge is 2.28. The third-order valence-corrected chi connectivity index (χ3v) is 3.28. The minimum absolute atomic E-state index is 0.00933. The molecule has 1 amide bonds. The van der Waals surface area contributed by atoms with Crippen LogP contribution >= 0.6 is 0 Å². The third kappa shape index (κ3) is 2.97. The normalized spacial score (nSPS) is 10.7. The van der Waals surface area contributed by atoms with Gasteiger partial charge in [-0.25, -0.2) is 0 Å². The van der Waals surface area contributed by atoms with Gasteiger partial charge in [0.15, 0.2) is 0 Å². The minimum Gasteiger partial charge on any atom is -0.334 e. The summed E-state index contributed by atoms with van der Waals surface area (Å²) < 4.78 is 3.09. The molecule has 0 aliphatic rings. The Morgan fingerprint density at radius 1 is 1.41 bits per heavy atom. The highest BCUT2D eigenvalue weighted by Crippen LogP contribution is 2.20. The van der Waals surface area contributed by atoms with Crippen LogP contribution in [0.2, 0.25) is 0 Å². The lowest BCUT2D eigenvalue weighted by molar-refractivity contribution is -0.385. The molecule has 118 valence electrons. The van der Waals surface area contributed by atoms with Crippen molar-refractivity contribution in [3.05, 3.63) is 40.0 Å². The predicted molar refractivity (Wildman–Crippen MR) is 78.3 cm³/mol. The van der Waals surface area contributed by atoms with E-state index in [9.17, 15) is 14.9 Å². The van der Waals surface area contributed by atoms with Gasteiger partial charge in [0.25, 0.3) is 5.91 Å². The van der Waals surface area contributed by atoms with Crippen molar-refractivity contribution in [2.75, 3.05) is 7.05 Å². The zero-order valence-corrected chi connectivity index (χ0v) is 12.8. The maximum Gasteiger partial charge on any atom is 0.320 e. The maximum atomic E-state index is 12.5. The Labute approximate surface area is 127 Å². The van der Waals surface area contributed by atoms with Crippen LogP contribution in [0.25, 0.3) is 0 Å². The summed E-state index contributed by atoms with van der Waals surface area (Å²) in [6.45, 7) is 5.14. The number of rotatable bonds is 6. The van der Waals surface area contributed by atoms with E-state index in [0.717, 1.165) is 18.4 Å². The van der Waals surface area contributed by atoms with Gasteiger partial charge in [-0.05, 0) is 19.9 Å². The molecule has 0 saturated carbocycles. The molecule has 0 bridgehead atoms. The van der Waals surface area contributed by atoms with E-state index in [1.807, 2.05) is 19.2 Å². The molecule has 0 aliphatic carbocycles. The molecule has 2 rings (SSSR count). The Balaban J connectivity index is 2.23.